The van der Waals surface area contributed by atoms with E-state index in [0.717, 1.165) is 31.6 Å². The van der Waals surface area contributed by atoms with E-state index in [-0.39, 0.29) is 6.61 Å². The lowest BCUT2D eigenvalue weighted by molar-refractivity contribution is 0.281. The Kier molecular flexibility index (Phi) is 5.12. The van der Waals surface area contributed by atoms with Crippen LogP contribution < -0.4 is 0 Å². The van der Waals surface area contributed by atoms with Gasteiger partial charge in [0, 0.05) is 25.5 Å². The van der Waals surface area contributed by atoms with Crippen molar-refractivity contribution in [3.8, 4) is 0 Å². The Bertz CT molecular complexity index is 465. The highest BCUT2D eigenvalue weighted by atomic mass is 16.3. The first kappa shape index (κ1) is 13.8. The van der Waals surface area contributed by atoms with Crippen molar-refractivity contribution in [3.05, 3.63) is 54.1 Å². The molecule has 2 aromatic rings. The van der Waals surface area contributed by atoms with Crippen LogP contribution in [0, 0.1) is 0 Å². The molecule has 4 nitrogen and oxygen atoms in total. The third-order valence-electron chi connectivity index (χ3n) is 3.17. The normalized spacial score (nSPS) is 11.1. The molecule has 0 spiro atoms. The van der Waals surface area contributed by atoms with Crippen LogP contribution in [0.1, 0.15) is 17.5 Å². The maximum absolute atomic E-state index is 9.00. The van der Waals surface area contributed by atoms with Gasteiger partial charge in [0.25, 0.3) is 0 Å². The number of hydrogen-bond donors (Lipinski definition) is 1. The van der Waals surface area contributed by atoms with Gasteiger partial charge in [-0.15, -0.1) is 0 Å². The molecule has 0 atom stereocenters. The van der Waals surface area contributed by atoms with Gasteiger partial charge in [-0.3, -0.25) is 0 Å². The zero-order valence-electron chi connectivity index (χ0n) is 11.4. The summed E-state index contributed by atoms with van der Waals surface area (Å²) in [6.07, 6.45) is 6.77. The summed E-state index contributed by atoms with van der Waals surface area (Å²) in [4.78, 5) is 6.34. The summed E-state index contributed by atoms with van der Waals surface area (Å²) in [6, 6.07) is 8.12. The van der Waals surface area contributed by atoms with Crippen LogP contribution in [-0.2, 0) is 19.7 Å². The molecule has 1 N–H and O–H groups in total. The van der Waals surface area contributed by atoms with Crippen molar-refractivity contribution < 1.29 is 5.11 Å². The summed E-state index contributed by atoms with van der Waals surface area (Å²) < 4.78 is 2.10. The monoisotopic (exact) mass is 259 g/mol. The van der Waals surface area contributed by atoms with Gasteiger partial charge < -0.3 is 14.6 Å². The molecule has 4 heteroatoms. The van der Waals surface area contributed by atoms with Crippen LogP contribution in [0.2, 0.25) is 0 Å². The van der Waals surface area contributed by atoms with Crippen molar-refractivity contribution in [2.75, 3.05) is 13.6 Å². The molecular weight excluding hydrogens is 238 g/mol. The Morgan fingerprint density at radius 3 is 2.58 bits per heavy atom. The zero-order chi connectivity index (χ0) is 13.5. The molecule has 0 bridgehead atoms. The van der Waals surface area contributed by atoms with E-state index in [1.54, 1.807) is 0 Å². The highest BCUT2D eigenvalue weighted by Gasteiger charge is 2.01. The number of benzene rings is 1. The Balaban J connectivity index is 1.72. The average molecular weight is 259 g/mol. The van der Waals surface area contributed by atoms with Crippen molar-refractivity contribution in [2.45, 2.75) is 26.1 Å². The predicted octanol–water partition coefficient (Wildman–Crippen LogP) is 1.90. The van der Waals surface area contributed by atoms with Crippen LogP contribution >= 0.6 is 0 Å². The average Bonchev–Trinajstić information content (AvgIpc) is 2.93. The molecule has 2 rings (SSSR count). The Hall–Kier alpha value is -1.65. The van der Waals surface area contributed by atoms with Crippen LogP contribution in [0.4, 0.5) is 0 Å². The van der Waals surface area contributed by atoms with Crippen LogP contribution in [0.3, 0.4) is 0 Å². The zero-order valence-corrected chi connectivity index (χ0v) is 11.4. The van der Waals surface area contributed by atoms with Crippen LogP contribution in [0.25, 0.3) is 0 Å². The molecule has 1 aromatic heterocycles. The first-order chi connectivity index (χ1) is 9.28. The summed E-state index contributed by atoms with van der Waals surface area (Å²) >= 11 is 0. The summed E-state index contributed by atoms with van der Waals surface area (Å²) in [5, 5.41) is 9.00. The first-order valence-corrected chi connectivity index (χ1v) is 6.61. The number of aliphatic hydroxyl groups is 1. The Labute approximate surface area is 114 Å². The van der Waals surface area contributed by atoms with E-state index in [1.807, 2.05) is 30.9 Å². The second kappa shape index (κ2) is 7.07. The number of aliphatic hydroxyl groups excluding tert-OH is 1. The van der Waals surface area contributed by atoms with E-state index in [0.29, 0.717) is 0 Å². The molecule has 19 heavy (non-hydrogen) atoms. The molecule has 0 amide bonds. The molecule has 0 aliphatic rings. The van der Waals surface area contributed by atoms with Crippen molar-refractivity contribution in [2.24, 2.45) is 0 Å². The van der Waals surface area contributed by atoms with Crippen molar-refractivity contribution in [1.82, 2.24) is 14.5 Å². The van der Waals surface area contributed by atoms with Gasteiger partial charge in [0.1, 0.15) is 0 Å². The van der Waals surface area contributed by atoms with Gasteiger partial charge in [0.15, 0.2) is 0 Å². The third kappa shape index (κ3) is 4.50. The highest BCUT2D eigenvalue weighted by Crippen LogP contribution is 2.07. The number of imidazole rings is 1. The van der Waals surface area contributed by atoms with Gasteiger partial charge >= 0.3 is 0 Å². The Morgan fingerprint density at radius 2 is 1.95 bits per heavy atom. The minimum absolute atomic E-state index is 0.112. The topological polar surface area (TPSA) is 41.3 Å². The maximum atomic E-state index is 9.00. The third-order valence-corrected chi connectivity index (χ3v) is 3.17. The lowest BCUT2D eigenvalue weighted by Crippen LogP contribution is -2.20. The number of rotatable bonds is 7. The van der Waals surface area contributed by atoms with Crippen LogP contribution in [0.5, 0.6) is 0 Å². The maximum Gasteiger partial charge on any atom is 0.0945 e. The van der Waals surface area contributed by atoms with Gasteiger partial charge in [-0.25, -0.2) is 4.98 Å². The number of aromatic nitrogens is 2. The summed E-state index contributed by atoms with van der Waals surface area (Å²) in [7, 11) is 2.13. The Morgan fingerprint density at radius 1 is 1.21 bits per heavy atom. The molecule has 0 radical (unpaired) electrons. The van der Waals surface area contributed by atoms with Crippen molar-refractivity contribution in [1.29, 1.82) is 0 Å². The molecular formula is C15H21N3O. The van der Waals surface area contributed by atoms with Gasteiger partial charge in [0.05, 0.1) is 12.9 Å². The van der Waals surface area contributed by atoms with E-state index in [4.69, 9.17) is 5.11 Å². The number of aryl methyl sites for hydroxylation is 1. The van der Waals surface area contributed by atoms with Gasteiger partial charge in [0.2, 0.25) is 0 Å². The van der Waals surface area contributed by atoms with E-state index in [1.165, 1.54) is 5.56 Å². The molecule has 0 fully saturated rings. The van der Waals surface area contributed by atoms with Crippen LogP contribution in [-0.4, -0.2) is 33.1 Å². The molecule has 0 aliphatic heterocycles. The molecule has 1 heterocycles. The molecule has 102 valence electrons. The van der Waals surface area contributed by atoms with Gasteiger partial charge in [-0.2, -0.15) is 0 Å². The molecule has 0 unspecified atom stereocenters. The number of nitrogens with zero attached hydrogens (tertiary/aromatic N) is 3. The van der Waals surface area contributed by atoms with E-state index < -0.39 is 0 Å². The van der Waals surface area contributed by atoms with Crippen LogP contribution in [0.15, 0.2) is 43.0 Å². The van der Waals surface area contributed by atoms with Gasteiger partial charge in [-0.1, -0.05) is 24.3 Å². The lowest BCUT2D eigenvalue weighted by atomic mass is 10.1. The fourth-order valence-electron chi connectivity index (χ4n) is 2.08. The molecule has 0 saturated heterocycles. The smallest absolute Gasteiger partial charge is 0.0945 e. The minimum Gasteiger partial charge on any atom is -0.392 e. The predicted molar refractivity (Wildman–Crippen MR) is 75.5 cm³/mol. The molecule has 0 aliphatic carbocycles. The fraction of sp³-hybridized carbons (Fsp3) is 0.400. The van der Waals surface area contributed by atoms with E-state index in [9.17, 15) is 0 Å². The largest absolute Gasteiger partial charge is 0.392 e. The summed E-state index contributed by atoms with van der Waals surface area (Å²) in [6.45, 7) is 3.12. The summed E-state index contributed by atoms with van der Waals surface area (Å²) in [5.74, 6) is 0. The van der Waals surface area contributed by atoms with Crippen molar-refractivity contribution >= 4 is 0 Å². The SMILES string of the molecule is CN(CCCn1ccnc1)Cc1ccc(CO)cc1. The fourth-order valence-corrected chi connectivity index (χ4v) is 2.08. The lowest BCUT2D eigenvalue weighted by Gasteiger charge is -2.16. The van der Waals surface area contributed by atoms with E-state index >= 15 is 0 Å². The molecule has 1 aromatic carbocycles. The standard InChI is InChI=1S/C15H21N3O/c1-17(8-2-9-18-10-7-16-13-18)11-14-3-5-15(12-19)6-4-14/h3-7,10,13,19H,2,8-9,11-12H2,1H3. The first-order valence-electron chi connectivity index (χ1n) is 6.61. The van der Waals surface area contributed by atoms with E-state index in [2.05, 4.69) is 33.6 Å². The minimum atomic E-state index is 0.112. The summed E-state index contributed by atoms with van der Waals surface area (Å²) in [5.41, 5.74) is 2.24. The second-order valence-corrected chi connectivity index (χ2v) is 4.87. The van der Waals surface area contributed by atoms with Gasteiger partial charge in [-0.05, 0) is 31.1 Å². The van der Waals surface area contributed by atoms with Crippen molar-refractivity contribution in [3.63, 3.8) is 0 Å². The number of hydrogen-bond acceptors (Lipinski definition) is 3. The molecule has 0 saturated carbocycles. The highest BCUT2D eigenvalue weighted by molar-refractivity contribution is 5.21. The quantitative estimate of drug-likeness (QED) is 0.825. The second-order valence-electron chi connectivity index (χ2n) is 4.87.